The van der Waals surface area contributed by atoms with Crippen molar-refractivity contribution in [2.75, 3.05) is 28.4 Å². The van der Waals surface area contributed by atoms with E-state index in [9.17, 15) is 4.79 Å². The van der Waals surface area contributed by atoms with Crippen molar-refractivity contribution in [3.05, 3.63) is 52.6 Å². The second-order valence-electron chi connectivity index (χ2n) is 5.48. The maximum Gasteiger partial charge on any atom is 0.244 e. The highest BCUT2D eigenvalue weighted by molar-refractivity contribution is 6.32. The first kappa shape index (κ1) is 20.5. The lowest BCUT2D eigenvalue weighted by atomic mass is 10.1. The molecule has 0 saturated carbocycles. The lowest BCUT2D eigenvalue weighted by Crippen LogP contribution is -2.20. The monoisotopic (exact) mass is 391 g/mol. The minimum atomic E-state index is -0.240. The molecule has 2 aromatic rings. The zero-order chi connectivity index (χ0) is 19.8. The van der Waals surface area contributed by atoms with E-state index >= 15 is 0 Å². The predicted octanol–water partition coefficient (Wildman–Crippen LogP) is 3.70. The average Bonchev–Trinajstić information content (AvgIpc) is 2.69. The molecule has 27 heavy (non-hydrogen) atoms. The van der Waals surface area contributed by atoms with Crippen molar-refractivity contribution in [2.24, 2.45) is 0 Å². The van der Waals surface area contributed by atoms with Crippen LogP contribution in [0.2, 0.25) is 5.02 Å². The fourth-order valence-corrected chi connectivity index (χ4v) is 2.74. The van der Waals surface area contributed by atoms with Crippen molar-refractivity contribution in [3.8, 4) is 23.0 Å². The fourth-order valence-electron chi connectivity index (χ4n) is 2.44. The number of rotatable bonds is 8. The molecule has 0 atom stereocenters. The molecule has 0 radical (unpaired) electrons. The maximum absolute atomic E-state index is 12.1. The number of benzene rings is 2. The molecule has 0 aromatic heterocycles. The second kappa shape index (κ2) is 9.73. The van der Waals surface area contributed by atoms with Gasteiger partial charge < -0.3 is 24.3 Å². The lowest BCUT2D eigenvalue weighted by Gasteiger charge is -2.10. The third-order valence-electron chi connectivity index (χ3n) is 3.80. The van der Waals surface area contributed by atoms with Crippen molar-refractivity contribution in [1.29, 1.82) is 0 Å². The second-order valence-corrected chi connectivity index (χ2v) is 5.89. The van der Waals surface area contributed by atoms with Gasteiger partial charge in [0.25, 0.3) is 0 Å². The maximum atomic E-state index is 12.1. The number of amides is 1. The van der Waals surface area contributed by atoms with Crippen molar-refractivity contribution in [2.45, 2.75) is 6.54 Å². The number of halogens is 1. The largest absolute Gasteiger partial charge is 0.493 e. The van der Waals surface area contributed by atoms with Gasteiger partial charge in [0.2, 0.25) is 5.91 Å². The number of nitrogens with one attached hydrogen (secondary N) is 1. The Morgan fingerprint density at radius 3 is 2.30 bits per heavy atom. The van der Waals surface area contributed by atoms with Crippen molar-refractivity contribution < 1.29 is 23.7 Å². The molecule has 1 amide bonds. The van der Waals surface area contributed by atoms with E-state index in [-0.39, 0.29) is 5.91 Å². The van der Waals surface area contributed by atoms with Crippen LogP contribution in [0, 0.1) is 0 Å². The van der Waals surface area contributed by atoms with Gasteiger partial charge in [-0.1, -0.05) is 17.7 Å². The molecule has 0 fully saturated rings. The van der Waals surface area contributed by atoms with Crippen LogP contribution in [0.3, 0.4) is 0 Å². The van der Waals surface area contributed by atoms with Crippen LogP contribution in [-0.2, 0) is 11.3 Å². The SMILES string of the molecule is COc1ccc(CNC(=O)/C=C/c2cc(Cl)c(OC)c(OC)c2)cc1OC. The Labute approximate surface area is 163 Å². The normalized spacial score (nSPS) is 10.6. The number of methoxy groups -OCH3 is 4. The van der Waals surface area contributed by atoms with Crippen LogP contribution in [0.4, 0.5) is 0 Å². The molecule has 0 aliphatic carbocycles. The Bertz CT molecular complexity index is 835. The highest BCUT2D eigenvalue weighted by Crippen LogP contribution is 2.36. The topological polar surface area (TPSA) is 66.0 Å². The molecule has 0 heterocycles. The van der Waals surface area contributed by atoms with E-state index in [1.54, 1.807) is 38.5 Å². The minimum absolute atomic E-state index is 0.240. The molecule has 2 aromatic carbocycles. The molecule has 2 rings (SSSR count). The van der Waals surface area contributed by atoms with Gasteiger partial charge in [0.15, 0.2) is 23.0 Å². The van der Waals surface area contributed by atoms with Gasteiger partial charge in [-0.3, -0.25) is 4.79 Å². The first-order valence-electron chi connectivity index (χ1n) is 8.10. The summed E-state index contributed by atoms with van der Waals surface area (Å²) in [5.74, 6) is 1.96. The smallest absolute Gasteiger partial charge is 0.244 e. The van der Waals surface area contributed by atoms with Crippen molar-refractivity contribution >= 4 is 23.6 Å². The van der Waals surface area contributed by atoms with Crippen molar-refractivity contribution in [1.82, 2.24) is 5.32 Å². The van der Waals surface area contributed by atoms with Gasteiger partial charge in [-0.05, 0) is 41.5 Å². The summed E-state index contributed by atoms with van der Waals surface area (Å²) < 4.78 is 20.9. The lowest BCUT2D eigenvalue weighted by molar-refractivity contribution is -0.116. The van der Waals surface area contributed by atoms with Gasteiger partial charge in [0.1, 0.15) is 0 Å². The van der Waals surface area contributed by atoms with E-state index in [0.717, 1.165) is 11.1 Å². The van der Waals surface area contributed by atoms with E-state index in [2.05, 4.69) is 5.32 Å². The number of carbonyl (C=O) groups excluding carboxylic acids is 1. The molecule has 0 spiro atoms. The van der Waals surface area contributed by atoms with Gasteiger partial charge in [-0.25, -0.2) is 0 Å². The van der Waals surface area contributed by atoms with Crippen LogP contribution < -0.4 is 24.3 Å². The highest BCUT2D eigenvalue weighted by atomic mass is 35.5. The summed E-state index contributed by atoms with van der Waals surface area (Å²) in [6, 6.07) is 8.90. The molecule has 7 heteroatoms. The van der Waals surface area contributed by atoms with E-state index in [0.29, 0.717) is 34.6 Å². The van der Waals surface area contributed by atoms with E-state index < -0.39 is 0 Å². The Morgan fingerprint density at radius 2 is 1.67 bits per heavy atom. The minimum Gasteiger partial charge on any atom is -0.493 e. The molecular formula is C20H22ClNO5. The molecular weight excluding hydrogens is 370 g/mol. The molecule has 0 unspecified atom stereocenters. The first-order valence-corrected chi connectivity index (χ1v) is 8.48. The molecule has 1 N–H and O–H groups in total. The molecule has 0 aliphatic rings. The van der Waals surface area contributed by atoms with Gasteiger partial charge in [-0.15, -0.1) is 0 Å². The van der Waals surface area contributed by atoms with Crippen LogP contribution in [-0.4, -0.2) is 34.3 Å². The van der Waals surface area contributed by atoms with Gasteiger partial charge in [0.05, 0.1) is 33.5 Å². The van der Waals surface area contributed by atoms with E-state index in [1.807, 2.05) is 12.1 Å². The standard InChI is InChI=1S/C20H22ClNO5/c1-24-16-7-5-14(11-17(16)25-2)12-22-19(23)8-6-13-9-15(21)20(27-4)18(10-13)26-3/h5-11H,12H2,1-4H3,(H,22,23)/b8-6+. The Kier molecular flexibility index (Phi) is 7.37. The van der Waals surface area contributed by atoms with E-state index in [1.165, 1.54) is 20.3 Å². The Morgan fingerprint density at radius 1 is 0.963 bits per heavy atom. The first-order chi connectivity index (χ1) is 13.0. The third-order valence-corrected chi connectivity index (χ3v) is 4.08. The van der Waals surface area contributed by atoms with Crippen LogP contribution in [0.1, 0.15) is 11.1 Å². The van der Waals surface area contributed by atoms with Gasteiger partial charge in [-0.2, -0.15) is 0 Å². The third kappa shape index (κ3) is 5.31. The number of hydrogen-bond acceptors (Lipinski definition) is 5. The summed E-state index contributed by atoms with van der Waals surface area (Å²) in [6.07, 6.45) is 3.08. The summed E-state index contributed by atoms with van der Waals surface area (Å²) >= 11 is 6.16. The Balaban J connectivity index is 2.02. The number of hydrogen-bond donors (Lipinski definition) is 1. The van der Waals surface area contributed by atoms with Gasteiger partial charge in [0, 0.05) is 12.6 Å². The summed E-state index contributed by atoms with van der Waals surface area (Å²) in [7, 11) is 6.18. The fraction of sp³-hybridized carbons (Fsp3) is 0.250. The zero-order valence-corrected chi connectivity index (χ0v) is 16.4. The summed E-state index contributed by atoms with van der Waals surface area (Å²) in [4.78, 5) is 12.1. The molecule has 0 saturated heterocycles. The number of carbonyl (C=O) groups is 1. The number of ether oxygens (including phenoxy) is 4. The van der Waals surface area contributed by atoms with Crippen LogP contribution in [0.25, 0.3) is 6.08 Å². The molecule has 0 bridgehead atoms. The summed E-state index contributed by atoms with van der Waals surface area (Å²) in [6.45, 7) is 0.357. The zero-order valence-electron chi connectivity index (χ0n) is 15.7. The van der Waals surface area contributed by atoms with E-state index in [4.69, 9.17) is 30.5 Å². The predicted molar refractivity (Wildman–Crippen MR) is 105 cm³/mol. The molecule has 144 valence electrons. The van der Waals surface area contributed by atoms with Crippen LogP contribution >= 0.6 is 11.6 Å². The summed E-state index contributed by atoms with van der Waals surface area (Å²) in [5, 5.41) is 3.22. The quantitative estimate of drug-likeness (QED) is 0.695. The van der Waals surface area contributed by atoms with Crippen molar-refractivity contribution in [3.63, 3.8) is 0 Å². The highest BCUT2D eigenvalue weighted by Gasteiger charge is 2.10. The summed E-state index contributed by atoms with van der Waals surface area (Å²) in [5.41, 5.74) is 1.61. The molecule has 0 aliphatic heterocycles. The average molecular weight is 392 g/mol. The molecule has 6 nitrogen and oxygen atoms in total. The Hall–Kier alpha value is -2.86. The van der Waals surface area contributed by atoms with Crippen LogP contribution in [0.5, 0.6) is 23.0 Å². The van der Waals surface area contributed by atoms with Crippen LogP contribution in [0.15, 0.2) is 36.4 Å². The van der Waals surface area contributed by atoms with Gasteiger partial charge >= 0.3 is 0 Å².